The van der Waals surface area contributed by atoms with E-state index >= 15 is 0 Å². The van der Waals surface area contributed by atoms with Gasteiger partial charge in [-0.15, -0.1) is 0 Å². The van der Waals surface area contributed by atoms with E-state index < -0.39 is 0 Å². The van der Waals surface area contributed by atoms with Gasteiger partial charge >= 0.3 is 5.97 Å². The van der Waals surface area contributed by atoms with E-state index in [4.69, 9.17) is 44.5 Å². The molecule has 0 aliphatic heterocycles. The monoisotopic (exact) mass is 416 g/mol. The van der Waals surface area contributed by atoms with E-state index in [9.17, 15) is 4.79 Å². The van der Waals surface area contributed by atoms with Crippen LogP contribution < -0.4 is 10.2 Å². The molecule has 0 heterocycles. The van der Waals surface area contributed by atoms with Crippen LogP contribution in [0.1, 0.15) is 5.56 Å². The fourth-order valence-electron chi connectivity index (χ4n) is 2.18. The van der Waals surface area contributed by atoms with Crippen LogP contribution in [0.4, 0.5) is 11.4 Å². The molecule has 0 aromatic heterocycles. The Labute approximate surface area is 167 Å². The van der Waals surface area contributed by atoms with Crippen LogP contribution in [0.25, 0.3) is 0 Å². The molecular weight excluding hydrogens is 399 g/mol. The molecule has 2 aromatic carbocycles. The van der Waals surface area contributed by atoms with Gasteiger partial charge in [-0.1, -0.05) is 47.5 Å². The second-order valence-electron chi connectivity index (χ2n) is 5.27. The van der Waals surface area contributed by atoms with Gasteiger partial charge in [-0.3, -0.25) is 4.79 Å². The summed E-state index contributed by atoms with van der Waals surface area (Å²) in [5.41, 5.74) is 2.11. The van der Waals surface area contributed by atoms with Gasteiger partial charge in [0.1, 0.15) is 6.61 Å². The summed E-state index contributed by atoms with van der Waals surface area (Å²) in [6.45, 7) is 1.48. The van der Waals surface area contributed by atoms with E-state index in [0.717, 1.165) is 11.3 Å². The van der Waals surface area contributed by atoms with Gasteiger partial charge in [-0.05, 0) is 35.5 Å². The van der Waals surface area contributed by atoms with Crippen LogP contribution in [0, 0.1) is 0 Å². The van der Waals surface area contributed by atoms with Crippen molar-refractivity contribution >= 4 is 52.3 Å². The molecule has 26 heavy (non-hydrogen) atoms. The topological polar surface area (TPSA) is 59.6 Å². The number of hydrogen-bond acceptors (Lipinski definition) is 5. The Kier molecular flexibility index (Phi) is 9.01. The van der Waals surface area contributed by atoms with Crippen molar-refractivity contribution in [3.63, 3.8) is 0 Å². The molecule has 0 saturated heterocycles. The number of para-hydroxylation sites is 2. The molecule has 0 fully saturated rings. The average molecular weight is 418 g/mol. The number of ether oxygens (including phenoxy) is 2. The molecular formula is C18H19Cl3N2O3. The van der Waals surface area contributed by atoms with E-state index in [1.165, 1.54) is 0 Å². The summed E-state index contributed by atoms with van der Waals surface area (Å²) < 4.78 is 10.4. The van der Waals surface area contributed by atoms with E-state index in [2.05, 4.69) is 10.2 Å². The summed E-state index contributed by atoms with van der Waals surface area (Å²) in [4.78, 5) is 14.5. The first-order valence-electron chi connectivity index (χ1n) is 7.97. The van der Waals surface area contributed by atoms with Crippen molar-refractivity contribution < 1.29 is 14.3 Å². The van der Waals surface area contributed by atoms with Gasteiger partial charge in [-0.2, -0.15) is 0 Å². The van der Waals surface area contributed by atoms with Crippen LogP contribution in [0.15, 0.2) is 42.5 Å². The summed E-state index contributed by atoms with van der Waals surface area (Å²) in [5, 5.41) is 4.19. The van der Waals surface area contributed by atoms with Gasteiger partial charge in [0, 0.05) is 12.2 Å². The molecule has 0 unspecified atom stereocenters. The van der Waals surface area contributed by atoms with Crippen molar-refractivity contribution in [1.82, 2.24) is 4.84 Å². The highest BCUT2D eigenvalue weighted by Gasteiger charge is 2.12. The fourth-order valence-corrected chi connectivity index (χ4v) is 2.75. The Morgan fingerprint density at radius 3 is 2.42 bits per heavy atom. The van der Waals surface area contributed by atoms with Gasteiger partial charge in [-0.25, -0.2) is 4.84 Å². The lowest BCUT2D eigenvalue weighted by atomic mass is 10.1. The lowest BCUT2D eigenvalue weighted by molar-refractivity contribution is -0.144. The maximum atomic E-state index is 12.0. The predicted octanol–water partition coefficient (Wildman–Crippen LogP) is 4.58. The number of halogens is 3. The van der Waals surface area contributed by atoms with Gasteiger partial charge in [0.05, 0.1) is 35.4 Å². The second-order valence-corrected chi connectivity index (χ2v) is 6.35. The van der Waals surface area contributed by atoms with Crippen molar-refractivity contribution in [2.75, 3.05) is 31.7 Å². The second kappa shape index (κ2) is 11.3. The Morgan fingerprint density at radius 1 is 0.962 bits per heavy atom. The SMILES string of the molecule is O=C(Cc1ccccc1Nc1c(Cl)cccc1Cl)OCCOCCNCl. The largest absolute Gasteiger partial charge is 0.463 e. The zero-order valence-electron chi connectivity index (χ0n) is 13.9. The van der Waals surface area contributed by atoms with Crippen LogP contribution in [0.3, 0.4) is 0 Å². The summed E-state index contributed by atoms with van der Waals surface area (Å²) in [7, 11) is 0. The molecule has 2 rings (SSSR count). The third-order valence-corrected chi connectivity index (χ3v) is 4.23. The highest BCUT2D eigenvalue weighted by atomic mass is 35.5. The van der Waals surface area contributed by atoms with Crippen molar-refractivity contribution in [1.29, 1.82) is 0 Å². The number of anilines is 2. The molecule has 0 atom stereocenters. The quantitative estimate of drug-likeness (QED) is 0.336. The fraction of sp³-hybridized carbons (Fsp3) is 0.278. The summed E-state index contributed by atoms with van der Waals surface area (Å²) in [5.74, 6) is -0.344. The van der Waals surface area contributed by atoms with E-state index in [-0.39, 0.29) is 19.0 Å². The Bertz CT molecular complexity index is 708. The van der Waals surface area contributed by atoms with Crippen LogP contribution in [-0.2, 0) is 20.7 Å². The zero-order chi connectivity index (χ0) is 18.8. The van der Waals surface area contributed by atoms with Gasteiger partial charge in [0.2, 0.25) is 0 Å². The maximum absolute atomic E-state index is 12.0. The molecule has 0 bridgehead atoms. The molecule has 2 N–H and O–H groups in total. The minimum Gasteiger partial charge on any atom is -0.463 e. The first-order chi connectivity index (χ1) is 12.6. The average Bonchev–Trinajstić information content (AvgIpc) is 2.62. The number of benzene rings is 2. The van der Waals surface area contributed by atoms with Crippen LogP contribution >= 0.6 is 35.0 Å². The van der Waals surface area contributed by atoms with E-state index in [0.29, 0.717) is 35.5 Å². The van der Waals surface area contributed by atoms with Crippen molar-refractivity contribution in [3.05, 3.63) is 58.1 Å². The number of carbonyl (C=O) groups is 1. The minimum absolute atomic E-state index is 0.120. The Balaban J connectivity index is 1.93. The molecule has 0 radical (unpaired) electrons. The Morgan fingerprint density at radius 2 is 1.69 bits per heavy atom. The molecule has 0 spiro atoms. The predicted molar refractivity (Wildman–Crippen MR) is 106 cm³/mol. The third kappa shape index (κ3) is 6.67. The molecule has 0 aliphatic carbocycles. The highest BCUT2D eigenvalue weighted by Crippen LogP contribution is 2.33. The third-order valence-electron chi connectivity index (χ3n) is 3.41. The van der Waals surface area contributed by atoms with E-state index in [1.807, 2.05) is 24.3 Å². The number of hydrogen-bond donors (Lipinski definition) is 2. The van der Waals surface area contributed by atoms with Crippen molar-refractivity contribution in [3.8, 4) is 0 Å². The van der Waals surface area contributed by atoms with Crippen LogP contribution in [0.5, 0.6) is 0 Å². The highest BCUT2D eigenvalue weighted by molar-refractivity contribution is 6.39. The van der Waals surface area contributed by atoms with Crippen molar-refractivity contribution in [2.24, 2.45) is 0 Å². The summed E-state index contributed by atoms with van der Waals surface area (Å²) >= 11 is 17.7. The molecule has 140 valence electrons. The van der Waals surface area contributed by atoms with Crippen molar-refractivity contribution in [2.45, 2.75) is 6.42 Å². The standard InChI is InChI=1S/C18H19Cl3N2O3/c19-14-5-3-6-15(20)18(14)23-16-7-2-1-4-13(16)12-17(24)26-11-10-25-9-8-22-21/h1-7,22-23H,8-12H2. The summed E-state index contributed by atoms with van der Waals surface area (Å²) in [6.07, 6.45) is 0.120. The van der Waals surface area contributed by atoms with Crippen LogP contribution in [0.2, 0.25) is 10.0 Å². The molecule has 0 amide bonds. The molecule has 8 heteroatoms. The summed E-state index contributed by atoms with van der Waals surface area (Å²) in [6, 6.07) is 12.7. The lowest BCUT2D eigenvalue weighted by Crippen LogP contribution is -2.16. The smallest absolute Gasteiger partial charge is 0.310 e. The minimum atomic E-state index is -0.344. The number of nitrogens with one attached hydrogen (secondary N) is 2. The zero-order valence-corrected chi connectivity index (χ0v) is 16.2. The molecule has 0 aliphatic rings. The number of esters is 1. The molecule has 0 saturated carbocycles. The Hall–Kier alpha value is -1.50. The van der Waals surface area contributed by atoms with Gasteiger partial charge in [0.25, 0.3) is 0 Å². The molecule has 2 aromatic rings. The number of carbonyl (C=O) groups excluding carboxylic acids is 1. The first-order valence-corrected chi connectivity index (χ1v) is 9.11. The first kappa shape index (κ1) is 20.8. The normalized spacial score (nSPS) is 10.6. The number of rotatable bonds is 10. The maximum Gasteiger partial charge on any atom is 0.310 e. The van der Waals surface area contributed by atoms with Gasteiger partial charge < -0.3 is 14.8 Å². The lowest BCUT2D eigenvalue weighted by Gasteiger charge is -2.14. The van der Waals surface area contributed by atoms with Gasteiger partial charge in [0.15, 0.2) is 0 Å². The van der Waals surface area contributed by atoms with Crippen LogP contribution in [-0.4, -0.2) is 32.3 Å². The van der Waals surface area contributed by atoms with E-state index in [1.54, 1.807) is 18.2 Å². The molecule has 5 nitrogen and oxygen atoms in total.